The van der Waals surface area contributed by atoms with Crippen LogP contribution in [0.3, 0.4) is 0 Å². The Morgan fingerprint density at radius 1 is 1.05 bits per heavy atom. The second-order valence-corrected chi connectivity index (χ2v) is 6.38. The Morgan fingerprint density at radius 3 is 1.90 bits per heavy atom. The molecule has 2 aromatic heterocycles. The largest absolute Gasteiger partial charge is 0.309 e. The quantitative estimate of drug-likeness (QED) is 0.761. The van der Waals surface area contributed by atoms with Crippen LogP contribution in [-0.2, 0) is 0 Å². The third-order valence-electron chi connectivity index (χ3n) is 2.45. The van der Waals surface area contributed by atoms with E-state index >= 15 is 0 Å². The molecule has 0 aromatic carbocycles. The molecule has 0 saturated heterocycles. The second kappa shape index (κ2) is 10.4. The molecule has 0 spiro atoms. The number of hydrogen-bond donors (Lipinski definition) is 0. The smallest absolute Gasteiger partial charge is 0.174 e. The lowest BCUT2D eigenvalue weighted by atomic mass is 10.2. The Morgan fingerprint density at radius 2 is 1.57 bits per heavy atom. The molecule has 5 heteroatoms. The van der Waals surface area contributed by atoms with Gasteiger partial charge in [-0.3, -0.25) is 9.59 Å². The van der Waals surface area contributed by atoms with Crippen molar-refractivity contribution in [1.82, 2.24) is 4.90 Å². The van der Waals surface area contributed by atoms with Crippen molar-refractivity contribution in [2.45, 2.75) is 20.8 Å². The van der Waals surface area contributed by atoms with Crippen LogP contribution in [0.5, 0.6) is 0 Å². The van der Waals surface area contributed by atoms with Gasteiger partial charge in [-0.2, -0.15) is 0 Å². The van der Waals surface area contributed by atoms with Gasteiger partial charge in [0.15, 0.2) is 11.6 Å². The average Bonchev–Trinajstić information content (AvgIpc) is 3.08. The van der Waals surface area contributed by atoms with Crippen molar-refractivity contribution in [2.75, 3.05) is 20.6 Å². The molecule has 116 valence electrons. The van der Waals surface area contributed by atoms with E-state index in [2.05, 4.69) is 0 Å². The molecule has 2 aromatic rings. The van der Waals surface area contributed by atoms with E-state index in [0.717, 1.165) is 16.3 Å². The highest BCUT2D eigenvalue weighted by molar-refractivity contribution is 7.12. The number of Topliss-reactive ketones (excluding diaryl/α,β-unsaturated/α-hetero) is 2. The van der Waals surface area contributed by atoms with Gasteiger partial charge in [-0.05, 0) is 43.9 Å². The Balaban J connectivity index is 0.000000390. The highest BCUT2D eigenvalue weighted by Gasteiger charge is 2.05. The molecule has 2 rings (SSSR count). The predicted octanol–water partition coefficient (Wildman–Crippen LogP) is 4.47. The maximum Gasteiger partial charge on any atom is 0.174 e. The summed E-state index contributed by atoms with van der Waals surface area (Å²) in [7, 11) is 3.95. The zero-order chi connectivity index (χ0) is 15.0. The number of hydrogen-bond acceptors (Lipinski definition) is 5. The zero-order valence-electron chi connectivity index (χ0n) is 12.0. The van der Waals surface area contributed by atoms with Crippen molar-refractivity contribution < 1.29 is 9.59 Å². The first-order chi connectivity index (χ1) is 9.50. The third-order valence-corrected chi connectivity index (χ3v) is 4.33. The number of carbonyl (C=O) groups is 2. The standard InChI is InChI=1S/C9H13NOS.C6H6OS.CH4/c1-10(2)6-5-8(11)9-4-3-7-12-9;1-5(7)6-3-2-4-8-6;/h3-4,7H,5-6H2,1-2H3;2-4H,1H3;1H4. The lowest BCUT2D eigenvalue weighted by Crippen LogP contribution is -2.16. The SMILES string of the molecule is C.CC(=O)c1cccs1.CN(C)CCC(=O)c1cccs1. The van der Waals surface area contributed by atoms with E-state index < -0.39 is 0 Å². The Labute approximate surface area is 135 Å². The number of thiophene rings is 2. The van der Waals surface area contributed by atoms with Gasteiger partial charge in [-0.25, -0.2) is 0 Å². The van der Waals surface area contributed by atoms with Crippen molar-refractivity contribution >= 4 is 34.2 Å². The number of ketones is 2. The van der Waals surface area contributed by atoms with E-state index in [1.807, 2.05) is 54.0 Å². The van der Waals surface area contributed by atoms with Gasteiger partial charge in [0, 0.05) is 13.0 Å². The summed E-state index contributed by atoms with van der Waals surface area (Å²) in [6, 6.07) is 7.49. The fourth-order valence-corrected chi connectivity index (χ4v) is 2.69. The molecular weight excluding hydrogens is 302 g/mol. The Bertz CT molecular complexity index is 516. The minimum absolute atomic E-state index is 0. The second-order valence-electron chi connectivity index (χ2n) is 4.49. The van der Waals surface area contributed by atoms with Crippen LogP contribution in [0.2, 0.25) is 0 Å². The highest BCUT2D eigenvalue weighted by Crippen LogP contribution is 2.11. The zero-order valence-corrected chi connectivity index (χ0v) is 13.6. The summed E-state index contributed by atoms with van der Waals surface area (Å²) in [4.78, 5) is 25.6. The van der Waals surface area contributed by atoms with Gasteiger partial charge < -0.3 is 4.90 Å². The maximum absolute atomic E-state index is 11.4. The van der Waals surface area contributed by atoms with Crippen LogP contribution in [0.15, 0.2) is 35.0 Å². The monoisotopic (exact) mass is 325 g/mol. The molecule has 0 saturated carbocycles. The van der Waals surface area contributed by atoms with Crippen molar-refractivity contribution in [3.63, 3.8) is 0 Å². The lowest BCUT2D eigenvalue weighted by Gasteiger charge is -2.06. The number of rotatable bonds is 5. The summed E-state index contributed by atoms with van der Waals surface area (Å²) in [5.74, 6) is 0.402. The molecule has 2 heterocycles. The number of nitrogens with zero attached hydrogens (tertiary/aromatic N) is 1. The molecule has 0 amide bonds. The summed E-state index contributed by atoms with van der Waals surface area (Å²) in [6.45, 7) is 2.41. The molecule has 3 nitrogen and oxygen atoms in total. The molecule has 0 radical (unpaired) electrons. The van der Waals surface area contributed by atoms with Gasteiger partial charge in [-0.1, -0.05) is 19.6 Å². The van der Waals surface area contributed by atoms with Gasteiger partial charge in [0.2, 0.25) is 0 Å². The fourth-order valence-electron chi connectivity index (χ4n) is 1.36. The van der Waals surface area contributed by atoms with E-state index in [-0.39, 0.29) is 19.0 Å². The first-order valence-corrected chi connectivity index (χ1v) is 8.02. The highest BCUT2D eigenvalue weighted by atomic mass is 32.1. The minimum atomic E-state index is 0. The van der Waals surface area contributed by atoms with Crippen molar-refractivity contribution in [2.24, 2.45) is 0 Å². The molecule has 0 aliphatic carbocycles. The van der Waals surface area contributed by atoms with Crippen LogP contribution in [0.4, 0.5) is 0 Å². The molecule has 0 aliphatic heterocycles. The van der Waals surface area contributed by atoms with Gasteiger partial charge >= 0.3 is 0 Å². The van der Waals surface area contributed by atoms with Gasteiger partial charge in [0.1, 0.15) is 0 Å². The lowest BCUT2D eigenvalue weighted by molar-refractivity contribution is 0.0975. The fraction of sp³-hybridized carbons (Fsp3) is 0.375. The minimum Gasteiger partial charge on any atom is -0.309 e. The maximum atomic E-state index is 11.4. The normalized spacial score (nSPS) is 9.52. The first-order valence-electron chi connectivity index (χ1n) is 6.26. The Hall–Kier alpha value is -1.30. The molecular formula is C16H23NO2S2. The molecule has 21 heavy (non-hydrogen) atoms. The van der Waals surface area contributed by atoms with Gasteiger partial charge in [-0.15, -0.1) is 22.7 Å². The van der Waals surface area contributed by atoms with Crippen LogP contribution in [0.1, 0.15) is 40.1 Å². The number of carbonyl (C=O) groups excluding carboxylic acids is 2. The third kappa shape index (κ3) is 7.90. The van der Waals surface area contributed by atoms with Crippen molar-refractivity contribution in [3.05, 3.63) is 44.8 Å². The van der Waals surface area contributed by atoms with Crippen LogP contribution < -0.4 is 0 Å². The summed E-state index contributed by atoms with van der Waals surface area (Å²) < 4.78 is 0. The molecule has 0 unspecified atom stereocenters. The van der Waals surface area contributed by atoms with Gasteiger partial charge in [0.25, 0.3) is 0 Å². The van der Waals surface area contributed by atoms with Crippen LogP contribution in [0, 0.1) is 0 Å². The summed E-state index contributed by atoms with van der Waals surface area (Å²) in [6.07, 6.45) is 0.619. The van der Waals surface area contributed by atoms with E-state index in [1.165, 1.54) is 22.7 Å². The Kier molecular flexibility index (Phi) is 9.78. The van der Waals surface area contributed by atoms with Gasteiger partial charge in [0.05, 0.1) is 9.75 Å². The molecule has 0 atom stereocenters. The van der Waals surface area contributed by atoms with E-state index in [1.54, 1.807) is 6.92 Å². The molecule has 0 aliphatic rings. The molecule has 0 bridgehead atoms. The van der Waals surface area contributed by atoms with E-state index in [9.17, 15) is 9.59 Å². The van der Waals surface area contributed by atoms with Crippen molar-refractivity contribution in [1.29, 1.82) is 0 Å². The van der Waals surface area contributed by atoms with E-state index in [0.29, 0.717) is 6.42 Å². The first kappa shape index (κ1) is 19.7. The van der Waals surface area contributed by atoms with Crippen LogP contribution in [0.25, 0.3) is 0 Å². The summed E-state index contributed by atoms with van der Waals surface area (Å²) in [5.41, 5.74) is 0. The predicted molar refractivity (Wildman–Crippen MR) is 92.9 cm³/mol. The molecule has 0 fully saturated rings. The van der Waals surface area contributed by atoms with Crippen LogP contribution >= 0.6 is 22.7 Å². The summed E-state index contributed by atoms with van der Waals surface area (Å²) >= 11 is 3.00. The van der Waals surface area contributed by atoms with Crippen LogP contribution in [-0.4, -0.2) is 37.1 Å². The average molecular weight is 325 g/mol. The molecule has 0 N–H and O–H groups in total. The van der Waals surface area contributed by atoms with E-state index in [4.69, 9.17) is 0 Å². The topological polar surface area (TPSA) is 37.4 Å². The summed E-state index contributed by atoms with van der Waals surface area (Å²) in [5, 5.41) is 3.83. The van der Waals surface area contributed by atoms with Crippen molar-refractivity contribution in [3.8, 4) is 0 Å².